The van der Waals surface area contributed by atoms with E-state index in [1.165, 1.54) is 0 Å². The number of aliphatic hydroxyl groups is 1. The van der Waals surface area contributed by atoms with Crippen LogP contribution in [0.5, 0.6) is 0 Å². The van der Waals surface area contributed by atoms with E-state index in [1.54, 1.807) is 0 Å². The van der Waals surface area contributed by atoms with Gasteiger partial charge in [0.25, 0.3) is 0 Å². The molecule has 0 spiro atoms. The summed E-state index contributed by atoms with van der Waals surface area (Å²) in [4.78, 5) is 0. The lowest BCUT2D eigenvalue weighted by Gasteiger charge is -2.47. The molecule has 334 valence electrons. The second kappa shape index (κ2) is 24.3. The second-order valence-electron chi connectivity index (χ2n) is 16.1. The van der Waals surface area contributed by atoms with Crippen LogP contribution in [0.4, 0.5) is 0 Å². The molecule has 6 aromatic rings. The zero-order chi connectivity index (χ0) is 43.6. The Morgan fingerprint density at radius 2 is 0.719 bits per heavy atom. The molecule has 0 aliphatic carbocycles. The van der Waals surface area contributed by atoms with E-state index >= 15 is 0 Å². The Morgan fingerprint density at radius 1 is 0.375 bits per heavy atom. The summed E-state index contributed by atoms with van der Waals surface area (Å²) in [6, 6.07) is 59.8. The molecule has 2 aliphatic heterocycles. The van der Waals surface area contributed by atoms with Gasteiger partial charge in [0.1, 0.15) is 36.6 Å². The first-order chi connectivity index (χ1) is 31.6. The first kappa shape index (κ1) is 45.5. The molecule has 8 rings (SSSR count). The molecule has 0 saturated carbocycles. The van der Waals surface area contributed by atoms with E-state index < -0.39 is 55.3 Å². The molecule has 6 aromatic carbocycles. The van der Waals surface area contributed by atoms with Gasteiger partial charge in [0.05, 0.1) is 59.0 Å². The minimum atomic E-state index is -1.35. The number of ether oxygens (including phenoxy) is 9. The van der Waals surface area contributed by atoms with Gasteiger partial charge in [-0.05, 0) is 33.4 Å². The highest BCUT2D eigenvalue weighted by Gasteiger charge is 2.51. The van der Waals surface area contributed by atoms with Gasteiger partial charge in [-0.3, -0.25) is 0 Å². The maximum atomic E-state index is 11.7. The van der Waals surface area contributed by atoms with Crippen molar-refractivity contribution in [1.82, 2.24) is 0 Å². The summed E-state index contributed by atoms with van der Waals surface area (Å²) in [6.45, 7) is 2.19. The van der Waals surface area contributed by atoms with Crippen LogP contribution in [0.2, 0.25) is 0 Å². The Kier molecular flexibility index (Phi) is 17.3. The van der Waals surface area contributed by atoms with Crippen LogP contribution in [0.1, 0.15) is 39.8 Å². The molecule has 10 nitrogen and oxygen atoms in total. The van der Waals surface area contributed by atoms with Crippen molar-refractivity contribution in [3.8, 4) is 0 Å². The van der Waals surface area contributed by atoms with Gasteiger partial charge in [0, 0.05) is 6.42 Å². The van der Waals surface area contributed by atoms with Crippen molar-refractivity contribution in [3.05, 3.63) is 215 Å². The number of hydrogen-bond donors (Lipinski definition) is 1. The average Bonchev–Trinajstić information content (AvgIpc) is 3.35. The maximum absolute atomic E-state index is 11.7. The van der Waals surface area contributed by atoms with Gasteiger partial charge in [0.2, 0.25) is 0 Å². The van der Waals surface area contributed by atoms with E-state index in [0.717, 1.165) is 33.4 Å². The van der Waals surface area contributed by atoms with Crippen molar-refractivity contribution in [1.29, 1.82) is 0 Å². The standard InChI is InChI=1S/C54H58O10/c55-54-53(61-37-45-29-17-6-18-30-45)52(60-36-44-27-15-5-16-28-44)51(48(63-54)39-57-33-41-21-9-2-10-22-41)64-49-31-46(58-34-42-23-11-3-12-24-42)50(59-35-43-25-13-4-14-26-43)47(62-49)38-56-32-40-19-7-1-8-20-40/h1-30,46-55H,31-39H2/t46-,47?,48?,49-,50-,51+,52?,53?,54-/m1/s1. The molecule has 0 aromatic heterocycles. The van der Waals surface area contributed by atoms with Crippen molar-refractivity contribution < 1.29 is 47.7 Å². The fraction of sp³-hybridized carbons (Fsp3) is 0.333. The fourth-order valence-electron chi connectivity index (χ4n) is 8.04. The van der Waals surface area contributed by atoms with Crippen LogP contribution in [-0.2, 0) is 82.3 Å². The highest BCUT2D eigenvalue weighted by atomic mass is 16.7. The number of hydrogen-bond acceptors (Lipinski definition) is 10. The largest absolute Gasteiger partial charge is 0.374 e. The molecule has 10 heteroatoms. The smallest absolute Gasteiger partial charge is 0.184 e. The summed E-state index contributed by atoms with van der Waals surface area (Å²) in [7, 11) is 0. The van der Waals surface area contributed by atoms with Gasteiger partial charge in [-0.25, -0.2) is 0 Å². The molecular weight excluding hydrogens is 809 g/mol. The second-order valence-corrected chi connectivity index (χ2v) is 16.1. The van der Waals surface area contributed by atoms with E-state index in [0.29, 0.717) is 32.8 Å². The normalized spacial score (nSPS) is 24.6. The minimum absolute atomic E-state index is 0.0975. The average molecular weight is 867 g/mol. The predicted molar refractivity (Wildman–Crippen MR) is 241 cm³/mol. The molecule has 0 amide bonds. The summed E-state index contributed by atoms with van der Waals surface area (Å²) in [5, 5.41) is 11.7. The summed E-state index contributed by atoms with van der Waals surface area (Å²) in [5.74, 6) is 0. The van der Waals surface area contributed by atoms with E-state index in [9.17, 15) is 5.11 Å². The van der Waals surface area contributed by atoms with Gasteiger partial charge in [-0.2, -0.15) is 0 Å². The molecule has 4 unspecified atom stereocenters. The third kappa shape index (κ3) is 13.5. The Morgan fingerprint density at radius 3 is 1.14 bits per heavy atom. The Hall–Kier alpha value is -5.08. The topological polar surface area (TPSA) is 103 Å². The number of rotatable bonds is 22. The zero-order valence-electron chi connectivity index (χ0n) is 36.0. The molecule has 2 aliphatic rings. The maximum Gasteiger partial charge on any atom is 0.184 e. The summed E-state index contributed by atoms with van der Waals surface area (Å²) in [6.07, 6.45) is -6.78. The first-order valence-corrected chi connectivity index (χ1v) is 22.1. The predicted octanol–water partition coefficient (Wildman–Crippen LogP) is 8.98. The van der Waals surface area contributed by atoms with Gasteiger partial charge in [-0.15, -0.1) is 0 Å². The molecule has 2 fully saturated rings. The lowest BCUT2D eigenvalue weighted by molar-refractivity contribution is -0.352. The Labute approximate surface area is 376 Å². The van der Waals surface area contributed by atoms with Gasteiger partial charge in [-0.1, -0.05) is 182 Å². The van der Waals surface area contributed by atoms with Crippen LogP contribution >= 0.6 is 0 Å². The highest BCUT2D eigenvalue weighted by molar-refractivity contribution is 5.18. The summed E-state index contributed by atoms with van der Waals surface area (Å²) >= 11 is 0. The van der Waals surface area contributed by atoms with Gasteiger partial charge in [0.15, 0.2) is 12.6 Å². The molecule has 2 saturated heterocycles. The summed E-state index contributed by atoms with van der Waals surface area (Å²) in [5.41, 5.74) is 6.01. The Bertz CT molecular complexity index is 2170. The molecular formula is C54H58O10. The number of benzene rings is 6. The van der Waals surface area contributed by atoms with Crippen molar-refractivity contribution in [2.45, 2.75) is 101 Å². The summed E-state index contributed by atoms with van der Waals surface area (Å²) < 4.78 is 60.0. The van der Waals surface area contributed by atoms with Crippen molar-refractivity contribution in [2.75, 3.05) is 13.2 Å². The third-order valence-electron chi connectivity index (χ3n) is 11.4. The van der Waals surface area contributed by atoms with Crippen LogP contribution in [0.15, 0.2) is 182 Å². The van der Waals surface area contributed by atoms with Crippen LogP contribution < -0.4 is 0 Å². The molecule has 1 N–H and O–H groups in total. The molecule has 0 bridgehead atoms. The van der Waals surface area contributed by atoms with E-state index in [1.807, 2.05) is 182 Å². The third-order valence-corrected chi connectivity index (χ3v) is 11.4. The van der Waals surface area contributed by atoms with Crippen molar-refractivity contribution >= 4 is 0 Å². The first-order valence-electron chi connectivity index (χ1n) is 22.1. The van der Waals surface area contributed by atoms with Crippen LogP contribution in [0.3, 0.4) is 0 Å². The van der Waals surface area contributed by atoms with Crippen LogP contribution in [0.25, 0.3) is 0 Å². The van der Waals surface area contributed by atoms with Crippen LogP contribution in [-0.4, -0.2) is 73.6 Å². The van der Waals surface area contributed by atoms with Gasteiger partial charge >= 0.3 is 0 Å². The lowest BCUT2D eigenvalue weighted by Crippen LogP contribution is -2.63. The lowest BCUT2D eigenvalue weighted by atomic mass is 9.97. The minimum Gasteiger partial charge on any atom is -0.374 e. The molecule has 9 atom stereocenters. The Balaban J connectivity index is 1.09. The van der Waals surface area contributed by atoms with E-state index in [-0.39, 0.29) is 26.4 Å². The zero-order valence-corrected chi connectivity index (χ0v) is 36.0. The fourth-order valence-corrected chi connectivity index (χ4v) is 8.04. The van der Waals surface area contributed by atoms with Crippen molar-refractivity contribution in [3.63, 3.8) is 0 Å². The van der Waals surface area contributed by atoms with E-state index in [2.05, 4.69) is 0 Å². The van der Waals surface area contributed by atoms with Crippen LogP contribution in [0, 0.1) is 0 Å². The van der Waals surface area contributed by atoms with Gasteiger partial charge < -0.3 is 47.7 Å². The molecule has 0 radical (unpaired) electrons. The monoisotopic (exact) mass is 866 g/mol. The molecule has 64 heavy (non-hydrogen) atoms. The van der Waals surface area contributed by atoms with Crippen molar-refractivity contribution in [2.24, 2.45) is 0 Å². The number of aliphatic hydroxyl groups excluding tert-OH is 1. The highest BCUT2D eigenvalue weighted by Crippen LogP contribution is 2.35. The quantitative estimate of drug-likeness (QED) is 0.0712. The van der Waals surface area contributed by atoms with E-state index in [4.69, 9.17) is 42.6 Å². The molecule has 2 heterocycles. The SMILES string of the molecule is O[C@@H]1OC(COCc2ccccc2)[C@H](O[C@@H]2C[C@@H](OCc3ccccc3)[C@@H](OCc3ccccc3)C(COCc3ccccc3)O2)C(OCc2ccccc2)C1OCc1ccccc1.